The summed E-state index contributed by atoms with van der Waals surface area (Å²) in [5, 5.41) is 7.54. The Hall–Kier alpha value is -4.13. The second-order valence-electron chi connectivity index (χ2n) is 8.04. The van der Waals surface area contributed by atoms with E-state index in [2.05, 4.69) is 15.2 Å². The Morgan fingerprint density at radius 3 is 2.52 bits per heavy atom. The van der Waals surface area contributed by atoms with Crippen LogP contribution >= 0.6 is 0 Å². The molecule has 4 aromatic rings. The Bertz CT molecular complexity index is 1300. The Labute approximate surface area is 192 Å². The van der Waals surface area contributed by atoms with Crippen LogP contribution in [0, 0.1) is 6.92 Å². The number of H-pyrrole nitrogens is 1. The molecule has 0 saturated heterocycles. The number of hydrogen-bond donors (Lipinski definition) is 1. The van der Waals surface area contributed by atoms with Crippen LogP contribution in [0.25, 0.3) is 11.3 Å². The minimum atomic E-state index is -0.345. The molecule has 7 heteroatoms. The van der Waals surface area contributed by atoms with Gasteiger partial charge in [0.25, 0.3) is 5.91 Å². The molecule has 0 spiro atoms. The standard InChI is InChI=1S/C26H24N4O3/c1-16-6-8-18(9-7-16)23-22-24(29-28-23)26(31)30(15-17-5-4-12-27-14-17)25(22)19-10-11-20(32-2)21(13-19)33-3/h4-14,25H,15H2,1-3H3,(H,28,29). The topological polar surface area (TPSA) is 80.3 Å². The molecule has 7 nitrogen and oxygen atoms in total. The highest BCUT2D eigenvalue weighted by Crippen LogP contribution is 2.45. The average molecular weight is 441 g/mol. The first kappa shape index (κ1) is 20.8. The van der Waals surface area contributed by atoms with E-state index in [-0.39, 0.29) is 11.9 Å². The van der Waals surface area contributed by atoms with Gasteiger partial charge in [0, 0.05) is 30.1 Å². The maximum Gasteiger partial charge on any atom is 0.273 e. The molecule has 166 valence electrons. The summed E-state index contributed by atoms with van der Waals surface area (Å²) in [4.78, 5) is 19.6. The van der Waals surface area contributed by atoms with Crippen molar-refractivity contribution in [3.05, 3.63) is 94.9 Å². The highest BCUT2D eigenvalue weighted by Gasteiger charge is 2.42. The number of aromatic nitrogens is 3. The lowest BCUT2D eigenvalue weighted by molar-refractivity contribution is 0.0729. The summed E-state index contributed by atoms with van der Waals surface area (Å²) in [6, 6.07) is 17.4. The van der Waals surface area contributed by atoms with Gasteiger partial charge in [-0.25, -0.2) is 0 Å². The minimum absolute atomic E-state index is 0.0977. The molecule has 2 aromatic carbocycles. The molecule has 0 saturated carbocycles. The predicted octanol–water partition coefficient (Wildman–Crippen LogP) is 4.54. The highest BCUT2D eigenvalue weighted by molar-refractivity contribution is 6.00. The van der Waals surface area contributed by atoms with Crippen molar-refractivity contribution in [2.24, 2.45) is 0 Å². The minimum Gasteiger partial charge on any atom is -0.493 e. The molecule has 1 aliphatic rings. The molecule has 1 N–H and O–H groups in total. The highest BCUT2D eigenvalue weighted by atomic mass is 16.5. The van der Waals surface area contributed by atoms with Gasteiger partial charge in [-0.1, -0.05) is 42.0 Å². The van der Waals surface area contributed by atoms with E-state index in [0.717, 1.165) is 33.5 Å². The number of nitrogens with one attached hydrogen (secondary N) is 1. The molecule has 2 aromatic heterocycles. The van der Waals surface area contributed by atoms with Crippen LogP contribution in [0.2, 0.25) is 0 Å². The van der Waals surface area contributed by atoms with Crippen LogP contribution in [-0.2, 0) is 6.54 Å². The number of pyridine rings is 1. The molecule has 1 aliphatic heterocycles. The lowest BCUT2D eigenvalue weighted by Gasteiger charge is -2.27. The number of amides is 1. The first-order valence-corrected chi connectivity index (χ1v) is 10.7. The van der Waals surface area contributed by atoms with E-state index in [1.807, 2.05) is 66.4 Å². The maximum atomic E-state index is 13.5. The zero-order chi connectivity index (χ0) is 22.9. The molecular weight excluding hydrogens is 416 g/mol. The Kier molecular flexibility index (Phi) is 5.30. The van der Waals surface area contributed by atoms with E-state index in [1.54, 1.807) is 26.6 Å². The fraction of sp³-hybridized carbons (Fsp3) is 0.192. The first-order chi connectivity index (χ1) is 16.1. The molecule has 1 atom stereocenters. The van der Waals surface area contributed by atoms with E-state index in [4.69, 9.17) is 9.47 Å². The maximum absolute atomic E-state index is 13.5. The monoisotopic (exact) mass is 440 g/mol. The Morgan fingerprint density at radius 2 is 1.82 bits per heavy atom. The smallest absolute Gasteiger partial charge is 0.273 e. The first-order valence-electron chi connectivity index (χ1n) is 10.7. The van der Waals surface area contributed by atoms with E-state index >= 15 is 0 Å². The van der Waals surface area contributed by atoms with Crippen LogP contribution in [0.3, 0.4) is 0 Å². The van der Waals surface area contributed by atoms with Gasteiger partial charge in [0.2, 0.25) is 0 Å². The molecular formula is C26H24N4O3. The van der Waals surface area contributed by atoms with Gasteiger partial charge in [0.15, 0.2) is 11.5 Å². The van der Waals surface area contributed by atoms with Crippen molar-refractivity contribution < 1.29 is 14.3 Å². The van der Waals surface area contributed by atoms with E-state index in [0.29, 0.717) is 23.7 Å². The zero-order valence-corrected chi connectivity index (χ0v) is 18.7. The SMILES string of the molecule is COc1ccc(C2c3c(-c4ccc(C)cc4)n[nH]c3C(=O)N2Cc2cccnc2)cc1OC. The van der Waals surface area contributed by atoms with Crippen LogP contribution in [0.5, 0.6) is 11.5 Å². The Morgan fingerprint density at radius 1 is 1.03 bits per heavy atom. The third-order valence-electron chi connectivity index (χ3n) is 5.99. The van der Waals surface area contributed by atoms with Crippen LogP contribution in [0.15, 0.2) is 67.0 Å². The van der Waals surface area contributed by atoms with Gasteiger partial charge in [-0.15, -0.1) is 0 Å². The van der Waals surface area contributed by atoms with Crippen molar-refractivity contribution in [1.82, 2.24) is 20.1 Å². The number of ether oxygens (including phenoxy) is 2. The number of methoxy groups -OCH3 is 2. The summed E-state index contributed by atoms with van der Waals surface area (Å²) in [6.07, 6.45) is 3.51. The quantitative estimate of drug-likeness (QED) is 0.476. The predicted molar refractivity (Wildman–Crippen MR) is 124 cm³/mol. The number of carbonyl (C=O) groups excluding carboxylic acids is 1. The van der Waals surface area contributed by atoms with Crippen LogP contribution in [-0.4, -0.2) is 40.2 Å². The molecule has 1 amide bonds. The van der Waals surface area contributed by atoms with Gasteiger partial charge in [0.1, 0.15) is 5.69 Å². The number of fused-ring (bicyclic) bond motifs is 1. The number of aryl methyl sites for hydroxylation is 1. The normalized spacial score (nSPS) is 14.9. The van der Waals surface area contributed by atoms with Crippen molar-refractivity contribution in [2.45, 2.75) is 19.5 Å². The molecule has 0 bridgehead atoms. The van der Waals surface area contributed by atoms with Gasteiger partial charge in [-0.2, -0.15) is 5.10 Å². The zero-order valence-electron chi connectivity index (χ0n) is 18.7. The van der Waals surface area contributed by atoms with E-state index in [9.17, 15) is 4.79 Å². The third kappa shape index (κ3) is 3.61. The second-order valence-corrected chi connectivity index (χ2v) is 8.04. The fourth-order valence-electron chi connectivity index (χ4n) is 4.35. The van der Waals surface area contributed by atoms with Gasteiger partial charge >= 0.3 is 0 Å². The van der Waals surface area contributed by atoms with Gasteiger partial charge in [-0.3, -0.25) is 14.9 Å². The molecule has 5 rings (SSSR count). The van der Waals surface area contributed by atoms with Crippen molar-refractivity contribution in [2.75, 3.05) is 14.2 Å². The summed E-state index contributed by atoms with van der Waals surface area (Å²) < 4.78 is 11.0. The largest absolute Gasteiger partial charge is 0.493 e. The van der Waals surface area contributed by atoms with Gasteiger partial charge in [0.05, 0.1) is 26.0 Å². The summed E-state index contributed by atoms with van der Waals surface area (Å²) in [5.74, 6) is 1.15. The number of carbonyl (C=O) groups is 1. The van der Waals surface area contributed by atoms with Crippen LogP contribution < -0.4 is 9.47 Å². The summed E-state index contributed by atoms with van der Waals surface area (Å²) in [7, 11) is 3.21. The number of rotatable bonds is 6. The van der Waals surface area contributed by atoms with Crippen LogP contribution in [0.4, 0.5) is 0 Å². The van der Waals surface area contributed by atoms with Crippen molar-refractivity contribution in [1.29, 1.82) is 0 Å². The molecule has 0 radical (unpaired) electrons. The van der Waals surface area contributed by atoms with Gasteiger partial charge < -0.3 is 14.4 Å². The number of hydrogen-bond acceptors (Lipinski definition) is 5. The van der Waals surface area contributed by atoms with E-state index in [1.165, 1.54) is 0 Å². The molecule has 0 fully saturated rings. The van der Waals surface area contributed by atoms with Gasteiger partial charge in [-0.05, 0) is 36.2 Å². The summed E-state index contributed by atoms with van der Waals surface area (Å²) in [5.41, 5.74) is 6.13. The average Bonchev–Trinajstić information content (AvgIpc) is 3.39. The van der Waals surface area contributed by atoms with Crippen LogP contribution in [0.1, 0.15) is 38.8 Å². The number of benzene rings is 2. The van der Waals surface area contributed by atoms with E-state index < -0.39 is 0 Å². The number of nitrogens with zero attached hydrogens (tertiary/aromatic N) is 3. The lowest BCUT2D eigenvalue weighted by atomic mass is 9.95. The Balaban J connectivity index is 1.66. The third-order valence-corrected chi connectivity index (χ3v) is 5.99. The number of aromatic amines is 1. The molecule has 33 heavy (non-hydrogen) atoms. The summed E-state index contributed by atoms with van der Waals surface area (Å²) >= 11 is 0. The van der Waals surface area contributed by atoms with Crippen molar-refractivity contribution in [3.63, 3.8) is 0 Å². The summed E-state index contributed by atoms with van der Waals surface area (Å²) in [6.45, 7) is 2.46. The molecule has 3 heterocycles. The lowest BCUT2D eigenvalue weighted by Crippen LogP contribution is -2.29. The fourth-order valence-corrected chi connectivity index (χ4v) is 4.35. The second kappa shape index (κ2) is 8.43. The molecule has 0 aliphatic carbocycles. The van der Waals surface area contributed by atoms with Crippen molar-refractivity contribution in [3.8, 4) is 22.8 Å². The molecule has 1 unspecified atom stereocenters. The van der Waals surface area contributed by atoms with Crippen molar-refractivity contribution >= 4 is 5.91 Å².